The van der Waals surface area contributed by atoms with Crippen molar-refractivity contribution in [2.45, 2.75) is 46.1 Å². The summed E-state index contributed by atoms with van der Waals surface area (Å²) in [5, 5.41) is 2.83. The van der Waals surface area contributed by atoms with Crippen LogP contribution in [0.2, 0.25) is 0 Å². The largest absolute Gasteiger partial charge is 0.353 e. The van der Waals surface area contributed by atoms with Crippen molar-refractivity contribution in [3.63, 3.8) is 0 Å². The molecule has 0 aliphatic rings. The Balaban J connectivity index is 3.40. The normalized spacial score (nSPS) is 13.0. The molecule has 0 heterocycles. The summed E-state index contributed by atoms with van der Waals surface area (Å²) in [5.74, 6) is 0.740. The van der Waals surface area contributed by atoms with E-state index in [4.69, 9.17) is 11.6 Å². The molecule has 1 N–H and O–H groups in total. The average molecular weight is 206 g/mol. The minimum Gasteiger partial charge on any atom is -0.353 e. The lowest BCUT2D eigenvalue weighted by atomic mass is 10.0. The fourth-order valence-electron chi connectivity index (χ4n) is 1.22. The van der Waals surface area contributed by atoms with Crippen molar-refractivity contribution in [1.82, 2.24) is 5.32 Å². The van der Waals surface area contributed by atoms with Crippen LogP contribution in [0.25, 0.3) is 0 Å². The van der Waals surface area contributed by atoms with Crippen molar-refractivity contribution >= 4 is 17.5 Å². The first-order valence-corrected chi connectivity index (χ1v) is 5.45. The Morgan fingerprint density at radius 2 is 1.92 bits per heavy atom. The summed E-state index contributed by atoms with van der Waals surface area (Å²) in [6.45, 7) is 6.44. The number of rotatable bonds is 6. The van der Waals surface area contributed by atoms with Gasteiger partial charge in [-0.25, -0.2) is 0 Å². The highest BCUT2D eigenvalue weighted by molar-refractivity contribution is 6.27. The lowest BCUT2D eigenvalue weighted by Crippen LogP contribution is -2.33. The molecule has 0 aromatic rings. The molecular formula is C10H20ClNO. The fraction of sp³-hybridized carbons (Fsp3) is 0.900. The zero-order valence-electron chi connectivity index (χ0n) is 8.77. The highest BCUT2D eigenvalue weighted by atomic mass is 35.5. The van der Waals surface area contributed by atoms with Crippen LogP contribution in [0.15, 0.2) is 0 Å². The lowest BCUT2D eigenvalue weighted by molar-refractivity contribution is -0.119. The number of hydrogen-bond acceptors (Lipinski definition) is 1. The Morgan fingerprint density at radius 1 is 1.31 bits per heavy atom. The molecule has 0 fully saturated rings. The number of carbonyl (C=O) groups is 1. The van der Waals surface area contributed by atoms with Crippen LogP contribution in [-0.2, 0) is 4.79 Å². The van der Waals surface area contributed by atoms with Crippen LogP contribution in [0.5, 0.6) is 0 Å². The maximum atomic E-state index is 10.9. The Kier molecular flexibility index (Phi) is 7.06. The number of alkyl halides is 1. The molecule has 0 aromatic heterocycles. The minimum absolute atomic E-state index is 0.0640. The minimum atomic E-state index is -0.0706. The van der Waals surface area contributed by atoms with Gasteiger partial charge in [0.2, 0.25) is 5.91 Å². The molecule has 1 atom stereocenters. The number of hydrogen-bond donors (Lipinski definition) is 1. The first kappa shape index (κ1) is 12.8. The lowest BCUT2D eigenvalue weighted by Gasteiger charge is -2.13. The Morgan fingerprint density at radius 3 is 2.38 bits per heavy atom. The molecule has 0 unspecified atom stereocenters. The molecule has 13 heavy (non-hydrogen) atoms. The Labute approximate surface area is 86.0 Å². The van der Waals surface area contributed by atoms with Crippen molar-refractivity contribution in [1.29, 1.82) is 0 Å². The van der Waals surface area contributed by atoms with E-state index in [2.05, 4.69) is 19.2 Å². The molecule has 3 heteroatoms. The molecule has 0 radical (unpaired) electrons. The summed E-state index contributed by atoms with van der Waals surface area (Å²) in [6, 6.07) is 0.255. The van der Waals surface area contributed by atoms with Gasteiger partial charge in [0.25, 0.3) is 0 Å². The second-order valence-electron chi connectivity index (χ2n) is 3.93. The van der Waals surface area contributed by atoms with Crippen LogP contribution in [0.4, 0.5) is 0 Å². The Bertz CT molecular complexity index is 148. The standard InChI is InChI=1S/C10H20ClNO/c1-8(2)5-4-6-9(3)12-10(13)7-11/h8-9H,4-7H2,1-3H3,(H,12,13)/t9-/m0/s1. The van der Waals surface area contributed by atoms with Gasteiger partial charge in [0.1, 0.15) is 5.88 Å². The average Bonchev–Trinajstić information content (AvgIpc) is 2.03. The van der Waals surface area contributed by atoms with Crippen molar-refractivity contribution in [3.05, 3.63) is 0 Å². The van der Waals surface area contributed by atoms with E-state index in [-0.39, 0.29) is 17.8 Å². The molecule has 0 saturated carbocycles. The molecule has 0 aromatic carbocycles. The van der Waals surface area contributed by atoms with Gasteiger partial charge in [-0.1, -0.05) is 26.7 Å². The van der Waals surface area contributed by atoms with Crippen molar-refractivity contribution < 1.29 is 4.79 Å². The zero-order chi connectivity index (χ0) is 10.3. The maximum Gasteiger partial charge on any atom is 0.235 e. The summed E-state index contributed by atoms with van der Waals surface area (Å²) in [7, 11) is 0. The van der Waals surface area contributed by atoms with Gasteiger partial charge < -0.3 is 5.32 Å². The van der Waals surface area contributed by atoms with Crippen molar-refractivity contribution in [3.8, 4) is 0 Å². The number of halogens is 1. The van der Waals surface area contributed by atoms with E-state index in [0.717, 1.165) is 12.3 Å². The first-order valence-electron chi connectivity index (χ1n) is 4.91. The van der Waals surface area contributed by atoms with E-state index >= 15 is 0 Å². The molecule has 0 aliphatic carbocycles. The third-order valence-electron chi connectivity index (χ3n) is 1.95. The van der Waals surface area contributed by atoms with Gasteiger partial charge in [0.15, 0.2) is 0 Å². The van der Waals surface area contributed by atoms with E-state index in [1.54, 1.807) is 0 Å². The maximum absolute atomic E-state index is 10.9. The molecule has 0 saturated heterocycles. The van der Waals surface area contributed by atoms with Gasteiger partial charge in [0.05, 0.1) is 0 Å². The number of amides is 1. The summed E-state index contributed by atoms with van der Waals surface area (Å²) >= 11 is 5.37. The SMILES string of the molecule is CC(C)CCC[C@H](C)NC(=O)CCl. The van der Waals surface area contributed by atoms with Crippen LogP contribution in [0, 0.1) is 5.92 Å². The van der Waals surface area contributed by atoms with Gasteiger partial charge in [0, 0.05) is 6.04 Å². The van der Waals surface area contributed by atoms with E-state index in [0.29, 0.717) is 0 Å². The van der Waals surface area contributed by atoms with Gasteiger partial charge in [-0.15, -0.1) is 11.6 Å². The highest BCUT2D eigenvalue weighted by Gasteiger charge is 2.05. The van der Waals surface area contributed by atoms with Crippen LogP contribution >= 0.6 is 11.6 Å². The zero-order valence-corrected chi connectivity index (χ0v) is 9.53. The van der Waals surface area contributed by atoms with Crippen LogP contribution in [0.3, 0.4) is 0 Å². The smallest absolute Gasteiger partial charge is 0.235 e. The van der Waals surface area contributed by atoms with E-state index < -0.39 is 0 Å². The first-order chi connectivity index (χ1) is 6.06. The summed E-state index contributed by atoms with van der Waals surface area (Å²) < 4.78 is 0. The van der Waals surface area contributed by atoms with E-state index in [1.807, 2.05) is 6.92 Å². The third-order valence-corrected chi connectivity index (χ3v) is 2.19. The monoisotopic (exact) mass is 205 g/mol. The molecule has 2 nitrogen and oxygen atoms in total. The molecule has 0 spiro atoms. The molecule has 0 aliphatic heterocycles. The molecule has 1 amide bonds. The predicted octanol–water partition coefficient (Wildman–Crippen LogP) is 2.56. The van der Waals surface area contributed by atoms with Gasteiger partial charge in [-0.05, 0) is 19.3 Å². The topological polar surface area (TPSA) is 29.1 Å². The predicted molar refractivity (Wildman–Crippen MR) is 57.0 cm³/mol. The van der Waals surface area contributed by atoms with Crippen LogP contribution in [-0.4, -0.2) is 17.8 Å². The summed E-state index contributed by atoms with van der Waals surface area (Å²) in [4.78, 5) is 10.9. The second-order valence-corrected chi connectivity index (χ2v) is 4.19. The van der Waals surface area contributed by atoms with Gasteiger partial charge in [-0.2, -0.15) is 0 Å². The highest BCUT2D eigenvalue weighted by Crippen LogP contribution is 2.07. The van der Waals surface area contributed by atoms with Crippen molar-refractivity contribution in [2.24, 2.45) is 5.92 Å². The second kappa shape index (κ2) is 7.19. The molecule has 78 valence electrons. The Hall–Kier alpha value is -0.240. The van der Waals surface area contributed by atoms with Crippen molar-refractivity contribution in [2.75, 3.05) is 5.88 Å². The molecule has 0 rings (SSSR count). The fourth-order valence-corrected chi connectivity index (χ4v) is 1.30. The van der Waals surface area contributed by atoms with Crippen LogP contribution < -0.4 is 5.32 Å². The van der Waals surface area contributed by atoms with E-state index in [9.17, 15) is 4.79 Å². The van der Waals surface area contributed by atoms with Gasteiger partial charge in [-0.3, -0.25) is 4.79 Å². The number of nitrogens with one attached hydrogen (secondary N) is 1. The van der Waals surface area contributed by atoms with E-state index in [1.165, 1.54) is 12.8 Å². The summed E-state index contributed by atoms with van der Waals surface area (Å²) in [5.41, 5.74) is 0. The number of carbonyl (C=O) groups excluding carboxylic acids is 1. The third kappa shape index (κ3) is 8.10. The molecule has 0 bridgehead atoms. The molecular weight excluding hydrogens is 186 g/mol. The summed E-state index contributed by atoms with van der Waals surface area (Å²) in [6.07, 6.45) is 3.43. The quantitative estimate of drug-likeness (QED) is 0.664. The van der Waals surface area contributed by atoms with Gasteiger partial charge >= 0.3 is 0 Å². The van der Waals surface area contributed by atoms with Crippen LogP contribution in [0.1, 0.15) is 40.0 Å².